The molecule has 1 aromatic heterocycles. The van der Waals surface area contributed by atoms with Crippen LogP contribution >= 0.6 is 0 Å². The number of hydrogen-bond acceptors (Lipinski definition) is 3. The molecule has 2 heterocycles. The van der Waals surface area contributed by atoms with E-state index in [9.17, 15) is 9.59 Å². The van der Waals surface area contributed by atoms with Gasteiger partial charge in [0.15, 0.2) is 0 Å². The predicted molar refractivity (Wildman–Crippen MR) is 80.4 cm³/mol. The number of aromatic nitrogens is 1. The Morgan fingerprint density at radius 3 is 2.81 bits per heavy atom. The van der Waals surface area contributed by atoms with Crippen molar-refractivity contribution in [3.63, 3.8) is 0 Å². The molecule has 1 atom stereocenters. The van der Waals surface area contributed by atoms with Crippen molar-refractivity contribution in [2.45, 2.75) is 39.7 Å². The maximum Gasteiger partial charge on any atom is 0.242 e. The molecule has 5 heteroatoms. The van der Waals surface area contributed by atoms with E-state index >= 15 is 0 Å². The second-order valence-electron chi connectivity index (χ2n) is 6.46. The number of carbonyl (C=O) groups excluding carboxylic acids is 2. The quantitative estimate of drug-likeness (QED) is 0.924. The summed E-state index contributed by atoms with van der Waals surface area (Å²) in [6.07, 6.45) is 5.47. The molecule has 5 nitrogen and oxygen atoms in total. The van der Waals surface area contributed by atoms with Gasteiger partial charge in [-0.05, 0) is 24.5 Å². The van der Waals surface area contributed by atoms with Crippen molar-refractivity contribution in [2.24, 2.45) is 5.41 Å². The standard InChI is InChI=1S/C16H23N3O2/c1-16(2,3)15(21)18-11-14(20)19-9-5-7-13(19)12-6-4-8-17-10-12/h4,6,8,10,13H,5,7,9,11H2,1-3H3,(H,18,21). The Balaban J connectivity index is 1.97. The summed E-state index contributed by atoms with van der Waals surface area (Å²) in [5.41, 5.74) is 0.583. The van der Waals surface area contributed by atoms with Crippen LogP contribution in [0, 0.1) is 5.41 Å². The van der Waals surface area contributed by atoms with Crippen molar-refractivity contribution in [1.82, 2.24) is 15.2 Å². The van der Waals surface area contributed by atoms with Gasteiger partial charge in [-0.2, -0.15) is 0 Å². The van der Waals surface area contributed by atoms with E-state index in [2.05, 4.69) is 10.3 Å². The van der Waals surface area contributed by atoms with Gasteiger partial charge in [0.05, 0.1) is 12.6 Å². The number of carbonyl (C=O) groups is 2. The van der Waals surface area contributed by atoms with Gasteiger partial charge in [-0.3, -0.25) is 14.6 Å². The summed E-state index contributed by atoms with van der Waals surface area (Å²) in [4.78, 5) is 30.2. The SMILES string of the molecule is CC(C)(C)C(=O)NCC(=O)N1CCCC1c1cccnc1. The minimum absolute atomic E-state index is 0.0287. The smallest absolute Gasteiger partial charge is 0.242 e. The first-order valence-electron chi connectivity index (χ1n) is 7.37. The number of nitrogens with zero attached hydrogens (tertiary/aromatic N) is 2. The van der Waals surface area contributed by atoms with Gasteiger partial charge in [0.1, 0.15) is 0 Å². The Labute approximate surface area is 125 Å². The average Bonchev–Trinajstić information content (AvgIpc) is 2.93. The largest absolute Gasteiger partial charge is 0.347 e. The van der Waals surface area contributed by atoms with Crippen LogP contribution in [0.15, 0.2) is 24.5 Å². The topological polar surface area (TPSA) is 62.3 Å². The molecule has 1 unspecified atom stereocenters. The van der Waals surface area contributed by atoms with Crippen LogP contribution in [-0.2, 0) is 9.59 Å². The summed E-state index contributed by atoms with van der Waals surface area (Å²) in [5, 5.41) is 2.73. The van der Waals surface area contributed by atoms with Crippen LogP contribution in [0.25, 0.3) is 0 Å². The van der Waals surface area contributed by atoms with Gasteiger partial charge in [-0.1, -0.05) is 26.8 Å². The van der Waals surface area contributed by atoms with Crippen molar-refractivity contribution in [2.75, 3.05) is 13.1 Å². The number of rotatable bonds is 3. The van der Waals surface area contributed by atoms with E-state index in [1.165, 1.54) is 0 Å². The minimum Gasteiger partial charge on any atom is -0.347 e. The minimum atomic E-state index is -0.478. The van der Waals surface area contributed by atoms with Crippen molar-refractivity contribution < 1.29 is 9.59 Å². The van der Waals surface area contributed by atoms with Gasteiger partial charge in [-0.25, -0.2) is 0 Å². The molecule has 1 fully saturated rings. The van der Waals surface area contributed by atoms with E-state index in [4.69, 9.17) is 0 Å². The van der Waals surface area contributed by atoms with Crippen LogP contribution in [0.1, 0.15) is 45.2 Å². The van der Waals surface area contributed by atoms with E-state index < -0.39 is 5.41 Å². The van der Waals surface area contributed by atoms with Crippen LogP contribution in [0.4, 0.5) is 0 Å². The van der Waals surface area contributed by atoms with Crippen LogP contribution in [-0.4, -0.2) is 34.8 Å². The van der Waals surface area contributed by atoms with E-state index in [1.807, 2.05) is 44.0 Å². The Hall–Kier alpha value is -1.91. The van der Waals surface area contributed by atoms with E-state index in [1.54, 1.807) is 6.20 Å². The molecule has 1 N–H and O–H groups in total. The summed E-state index contributed by atoms with van der Waals surface area (Å²) in [7, 11) is 0. The van der Waals surface area contributed by atoms with Gasteiger partial charge in [0.2, 0.25) is 11.8 Å². The number of pyridine rings is 1. The third kappa shape index (κ3) is 3.80. The highest BCUT2D eigenvalue weighted by Crippen LogP contribution is 2.31. The summed E-state index contributed by atoms with van der Waals surface area (Å²) in [6, 6.07) is 3.96. The highest BCUT2D eigenvalue weighted by Gasteiger charge is 2.30. The normalized spacial score (nSPS) is 18.6. The summed E-state index contributed by atoms with van der Waals surface area (Å²) >= 11 is 0. The van der Waals surface area contributed by atoms with Gasteiger partial charge >= 0.3 is 0 Å². The molecule has 21 heavy (non-hydrogen) atoms. The average molecular weight is 289 g/mol. The molecule has 0 bridgehead atoms. The maximum absolute atomic E-state index is 12.4. The van der Waals surface area contributed by atoms with E-state index in [0.717, 1.165) is 24.9 Å². The molecule has 0 saturated carbocycles. The Kier molecular flexibility index (Phi) is 4.60. The van der Waals surface area contributed by atoms with Crippen molar-refractivity contribution in [1.29, 1.82) is 0 Å². The lowest BCUT2D eigenvalue weighted by atomic mass is 9.96. The monoisotopic (exact) mass is 289 g/mol. The number of hydrogen-bond donors (Lipinski definition) is 1. The molecule has 0 aliphatic carbocycles. The lowest BCUT2D eigenvalue weighted by Crippen LogP contribution is -2.43. The first-order valence-corrected chi connectivity index (χ1v) is 7.37. The molecule has 2 rings (SSSR count). The van der Waals surface area contributed by atoms with E-state index in [0.29, 0.717) is 0 Å². The molecule has 1 aliphatic heterocycles. The second-order valence-corrected chi connectivity index (χ2v) is 6.46. The lowest BCUT2D eigenvalue weighted by molar-refractivity contribution is -0.135. The fourth-order valence-electron chi connectivity index (χ4n) is 2.51. The number of likely N-dealkylation sites (tertiary alicyclic amines) is 1. The summed E-state index contributed by atoms with van der Waals surface area (Å²) in [5.74, 6) is -0.132. The first kappa shape index (κ1) is 15.5. The third-order valence-electron chi connectivity index (χ3n) is 3.72. The van der Waals surface area contributed by atoms with Gasteiger partial charge in [-0.15, -0.1) is 0 Å². The highest BCUT2D eigenvalue weighted by molar-refractivity contribution is 5.87. The molecule has 0 aromatic carbocycles. The van der Waals surface area contributed by atoms with Crippen molar-refractivity contribution in [3.8, 4) is 0 Å². The Bertz CT molecular complexity index is 508. The summed E-state index contributed by atoms with van der Waals surface area (Å²) in [6.45, 7) is 6.31. The first-order chi connectivity index (χ1) is 9.89. The molecule has 1 aliphatic rings. The zero-order chi connectivity index (χ0) is 15.5. The van der Waals surface area contributed by atoms with Crippen LogP contribution < -0.4 is 5.32 Å². The predicted octanol–water partition coefficient (Wildman–Crippen LogP) is 1.91. The van der Waals surface area contributed by atoms with Crippen LogP contribution in [0.5, 0.6) is 0 Å². The zero-order valence-electron chi connectivity index (χ0n) is 12.9. The number of nitrogens with one attached hydrogen (secondary N) is 1. The van der Waals surface area contributed by atoms with Crippen molar-refractivity contribution >= 4 is 11.8 Å². The van der Waals surface area contributed by atoms with E-state index in [-0.39, 0.29) is 24.4 Å². The van der Waals surface area contributed by atoms with Crippen LogP contribution in [0.3, 0.4) is 0 Å². The fourth-order valence-corrected chi connectivity index (χ4v) is 2.51. The molecule has 0 radical (unpaired) electrons. The Morgan fingerprint density at radius 1 is 1.43 bits per heavy atom. The second kappa shape index (κ2) is 6.24. The lowest BCUT2D eigenvalue weighted by Gasteiger charge is -2.26. The molecule has 2 amide bonds. The van der Waals surface area contributed by atoms with Gasteiger partial charge in [0.25, 0.3) is 0 Å². The Morgan fingerprint density at radius 2 is 2.19 bits per heavy atom. The van der Waals surface area contributed by atoms with Crippen LogP contribution in [0.2, 0.25) is 0 Å². The third-order valence-corrected chi connectivity index (χ3v) is 3.72. The van der Waals surface area contributed by atoms with Crippen molar-refractivity contribution in [3.05, 3.63) is 30.1 Å². The summed E-state index contributed by atoms with van der Waals surface area (Å²) < 4.78 is 0. The van der Waals surface area contributed by atoms with Gasteiger partial charge in [0, 0.05) is 24.4 Å². The zero-order valence-corrected chi connectivity index (χ0v) is 12.9. The molecular weight excluding hydrogens is 266 g/mol. The maximum atomic E-state index is 12.4. The number of amides is 2. The molecule has 1 aromatic rings. The molecule has 0 spiro atoms. The molecular formula is C16H23N3O2. The fraction of sp³-hybridized carbons (Fsp3) is 0.562. The van der Waals surface area contributed by atoms with Gasteiger partial charge < -0.3 is 10.2 Å². The molecule has 114 valence electrons. The molecule has 1 saturated heterocycles. The highest BCUT2D eigenvalue weighted by atomic mass is 16.2.